The summed E-state index contributed by atoms with van der Waals surface area (Å²) in [6.07, 6.45) is 3.06. The summed E-state index contributed by atoms with van der Waals surface area (Å²) in [7, 11) is 0. The van der Waals surface area contributed by atoms with E-state index in [0.717, 1.165) is 37.1 Å². The number of ether oxygens (including phenoxy) is 1. The van der Waals surface area contributed by atoms with Crippen LogP contribution in [0.3, 0.4) is 0 Å². The van der Waals surface area contributed by atoms with E-state index < -0.39 is 5.60 Å². The normalized spacial score (nSPS) is 22.9. The molecule has 1 aliphatic carbocycles. The Hall–Kier alpha value is -3.23. The van der Waals surface area contributed by atoms with Gasteiger partial charge >= 0.3 is 0 Å². The van der Waals surface area contributed by atoms with Gasteiger partial charge in [0.1, 0.15) is 5.75 Å². The Morgan fingerprint density at radius 3 is 2.50 bits per heavy atom. The summed E-state index contributed by atoms with van der Waals surface area (Å²) in [5.41, 5.74) is 1.51. The van der Waals surface area contributed by atoms with Gasteiger partial charge in [-0.1, -0.05) is 29.8 Å². The van der Waals surface area contributed by atoms with Crippen molar-refractivity contribution in [1.82, 2.24) is 15.5 Å². The van der Waals surface area contributed by atoms with Gasteiger partial charge in [-0.15, -0.1) is 0 Å². The third-order valence-corrected chi connectivity index (χ3v) is 6.84. The minimum absolute atomic E-state index is 0.0452. The fourth-order valence-corrected chi connectivity index (χ4v) is 4.86. The van der Waals surface area contributed by atoms with Crippen LogP contribution >= 0.6 is 0 Å². The number of carbonyl (C=O) groups excluding carboxylic acids is 3. The van der Waals surface area contributed by atoms with Crippen LogP contribution in [0.25, 0.3) is 0 Å². The highest BCUT2D eigenvalue weighted by molar-refractivity contribution is 5.96. The lowest BCUT2D eigenvalue weighted by Gasteiger charge is -2.48. The first-order chi connectivity index (χ1) is 16.4. The first-order valence-corrected chi connectivity index (χ1v) is 11.7. The molecule has 180 valence electrons. The summed E-state index contributed by atoms with van der Waals surface area (Å²) < 4.78 is 4.82. The Morgan fingerprint density at radius 2 is 1.85 bits per heavy atom. The van der Waals surface area contributed by atoms with Crippen LogP contribution in [0.15, 0.2) is 48.5 Å². The lowest BCUT2D eigenvalue weighted by atomic mass is 9.76. The van der Waals surface area contributed by atoms with Crippen molar-refractivity contribution >= 4 is 18.3 Å². The van der Waals surface area contributed by atoms with E-state index >= 15 is 0 Å². The fourth-order valence-electron chi connectivity index (χ4n) is 4.86. The fraction of sp³-hybridized carbons (Fsp3) is 0.423. The van der Waals surface area contributed by atoms with Crippen molar-refractivity contribution in [3.63, 3.8) is 0 Å². The van der Waals surface area contributed by atoms with Gasteiger partial charge in [0.05, 0.1) is 18.2 Å². The van der Waals surface area contributed by atoms with Gasteiger partial charge in [0, 0.05) is 24.7 Å². The molecule has 1 saturated heterocycles. The Labute approximate surface area is 199 Å². The highest BCUT2D eigenvalue weighted by Crippen LogP contribution is 2.39. The number of aryl methyl sites for hydroxylation is 1. The Kier molecular flexibility index (Phi) is 7.29. The zero-order valence-electron chi connectivity index (χ0n) is 19.3. The van der Waals surface area contributed by atoms with Gasteiger partial charge in [0.15, 0.2) is 0 Å². The molecule has 2 fully saturated rings. The summed E-state index contributed by atoms with van der Waals surface area (Å²) in [5, 5.41) is 16.8. The number of amides is 2. The second-order valence-corrected chi connectivity index (χ2v) is 9.27. The summed E-state index contributed by atoms with van der Waals surface area (Å²) >= 11 is 0. The van der Waals surface area contributed by atoms with Gasteiger partial charge in [-0.2, -0.15) is 0 Å². The zero-order chi connectivity index (χ0) is 24.1. The quantitative estimate of drug-likeness (QED) is 0.514. The standard InChI is InChI=1S/C26H31N3O5/c1-18-3-2-4-19(13-18)25(32)27-14-24(31)28-21-15-29(16-21)22-9-11-26(33,12-10-22)20-5-7-23(8-6-20)34-17-30/h2-8,13,17,21-22,33H,9-12,14-16H2,1H3,(H,27,32)(H,28,31)/t22-,26-. The number of carbonyl (C=O) groups is 3. The molecule has 8 nitrogen and oxygen atoms in total. The lowest BCUT2D eigenvalue weighted by molar-refractivity contribution is -0.122. The van der Waals surface area contributed by atoms with Crippen molar-refractivity contribution in [2.45, 2.75) is 50.3 Å². The number of hydrogen-bond donors (Lipinski definition) is 3. The zero-order valence-corrected chi connectivity index (χ0v) is 19.3. The van der Waals surface area contributed by atoms with Gasteiger partial charge in [0.25, 0.3) is 12.4 Å². The molecule has 3 N–H and O–H groups in total. The van der Waals surface area contributed by atoms with E-state index in [-0.39, 0.29) is 24.4 Å². The molecule has 0 aromatic heterocycles. The van der Waals surface area contributed by atoms with Crippen LogP contribution in [0.2, 0.25) is 0 Å². The Balaban J connectivity index is 1.17. The van der Waals surface area contributed by atoms with Crippen molar-refractivity contribution < 1.29 is 24.2 Å². The molecule has 1 aliphatic heterocycles. The smallest absolute Gasteiger partial charge is 0.298 e. The molecule has 1 saturated carbocycles. The third kappa shape index (κ3) is 5.63. The molecular weight excluding hydrogens is 434 g/mol. The molecule has 1 heterocycles. The van der Waals surface area contributed by atoms with Crippen molar-refractivity contribution in [1.29, 1.82) is 0 Å². The molecule has 8 heteroatoms. The molecule has 0 bridgehead atoms. The maximum Gasteiger partial charge on any atom is 0.298 e. The van der Waals surface area contributed by atoms with Crippen molar-refractivity contribution in [3.05, 3.63) is 65.2 Å². The summed E-state index contributed by atoms with van der Waals surface area (Å²) in [6, 6.07) is 14.7. The number of rotatable bonds is 8. The molecule has 4 rings (SSSR count). The van der Waals surface area contributed by atoms with E-state index in [1.165, 1.54) is 0 Å². The molecule has 0 atom stereocenters. The van der Waals surface area contributed by atoms with Crippen molar-refractivity contribution in [2.24, 2.45) is 0 Å². The van der Waals surface area contributed by atoms with Crippen LogP contribution in [0.1, 0.15) is 47.2 Å². The van der Waals surface area contributed by atoms with E-state index in [1.54, 1.807) is 24.3 Å². The van der Waals surface area contributed by atoms with Crippen molar-refractivity contribution in [3.8, 4) is 5.75 Å². The summed E-state index contributed by atoms with van der Waals surface area (Å²) in [4.78, 5) is 37.2. The number of aliphatic hydroxyl groups is 1. The Bertz CT molecular complexity index is 1020. The molecule has 2 aliphatic rings. The van der Waals surface area contributed by atoms with Crippen LogP contribution in [0.5, 0.6) is 5.75 Å². The van der Waals surface area contributed by atoms with Crippen LogP contribution in [0.4, 0.5) is 0 Å². The predicted molar refractivity (Wildman–Crippen MR) is 126 cm³/mol. The highest BCUT2D eigenvalue weighted by Gasteiger charge is 2.40. The topological polar surface area (TPSA) is 108 Å². The van der Waals surface area contributed by atoms with E-state index in [1.807, 2.05) is 31.2 Å². The third-order valence-electron chi connectivity index (χ3n) is 6.84. The summed E-state index contributed by atoms with van der Waals surface area (Å²) in [6.45, 7) is 3.81. The highest BCUT2D eigenvalue weighted by atomic mass is 16.5. The van der Waals surface area contributed by atoms with Gasteiger partial charge in [0.2, 0.25) is 5.91 Å². The SMILES string of the molecule is Cc1cccc(C(=O)NCC(=O)NC2CN([C@H]3CC[C@@](O)(c4ccc(OC=O)cc4)CC3)C2)c1. The Morgan fingerprint density at radius 1 is 1.15 bits per heavy atom. The van der Waals surface area contributed by atoms with E-state index in [2.05, 4.69) is 15.5 Å². The van der Waals surface area contributed by atoms with E-state index in [0.29, 0.717) is 36.7 Å². The molecule has 2 aromatic rings. The second kappa shape index (κ2) is 10.4. The molecule has 34 heavy (non-hydrogen) atoms. The first kappa shape index (κ1) is 23.9. The maximum absolute atomic E-state index is 12.2. The molecular formula is C26H31N3O5. The van der Waals surface area contributed by atoms with Gasteiger partial charge in [-0.25, -0.2) is 0 Å². The van der Waals surface area contributed by atoms with Crippen LogP contribution in [-0.2, 0) is 15.2 Å². The maximum atomic E-state index is 12.2. The number of nitrogens with one attached hydrogen (secondary N) is 2. The molecule has 2 amide bonds. The lowest BCUT2D eigenvalue weighted by Crippen LogP contribution is -2.63. The number of hydrogen-bond acceptors (Lipinski definition) is 6. The number of nitrogens with zero attached hydrogens (tertiary/aromatic N) is 1. The molecule has 0 spiro atoms. The van der Waals surface area contributed by atoms with E-state index in [9.17, 15) is 19.5 Å². The predicted octanol–water partition coefficient (Wildman–Crippen LogP) is 1.89. The van der Waals surface area contributed by atoms with Crippen LogP contribution in [-0.4, -0.2) is 60.0 Å². The van der Waals surface area contributed by atoms with Crippen LogP contribution in [0, 0.1) is 6.92 Å². The average Bonchev–Trinajstić information content (AvgIpc) is 2.81. The molecule has 0 unspecified atom stereocenters. The number of likely N-dealkylation sites (tertiary alicyclic amines) is 1. The monoisotopic (exact) mass is 465 g/mol. The summed E-state index contributed by atoms with van der Waals surface area (Å²) in [5.74, 6) is 0.0137. The molecule has 0 radical (unpaired) electrons. The first-order valence-electron chi connectivity index (χ1n) is 11.7. The number of benzene rings is 2. The van der Waals surface area contributed by atoms with Gasteiger partial charge in [-0.3, -0.25) is 19.3 Å². The average molecular weight is 466 g/mol. The second-order valence-electron chi connectivity index (χ2n) is 9.27. The van der Waals surface area contributed by atoms with Gasteiger partial charge in [-0.05, 0) is 62.4 Å². The molecule has 2 aromatic carbocycles. The van der Waals surface area contributed by atoms with Crippen molar-refractivity contribution in [2.75, 3.05) is 19.6 Å². The van der Waals surface area contributed by atoms with Gasteiger partial charge < -0.3 is 20.5 Å². The minimum atomic E-state index is -0.871. The van der Waals surface area contributed by atoms with E-state index in [4.69, 9.17) is 4.74 Å². The minimum Gasteiger partial charge on any atom is -0.429 e. The largest absolute Gasteiger partial charge is 0.429 e. The van der Waals surface area contributed by atoms with Crippen LogP contribution < -0.4 is 15.4 Å².